The number of halogens is 1. The molecule has 0 radical (unpaired) electrons. The van der Waals surface area contributed by atoms with Crippen molar-refractivity contribution >= 4 is 17.6 Å². The van der Waals surface area contributed by atoms with Crippen molar-refractivity contribution in [1.82, 2.24) is 15.5 Å². The highest BCUT2D eigenvalue weighted by atomic mass is 35.5. The van der Waals surface area contributed by atoms with E-state index in [2.05, 4.69) is 15.5 Å². The average Bonchev–Trinajstić information content (AvgIpc) is 2.95. The van der Waals surface area contributed by atoms with E-state index < -0.39 is 6.04 Å². The van der Waals surface area contributed by atoms with Gasteiger partial charge in [0.15, 0.2) is 0 Å². The molecule has 124 valence electrons. The quantitative estimate of drug-likeness (QED) is 0.845. The Balaban J connectivity index is 2.06. The Morgan fingerprint density at radius 2 is 2.00 bits per heavy atom. The second-order valence-corrected chi connectivity index (χ2v) is 6.66. The second-order valence-electron chi connectivity index (χ2n) is 6.22. The molecule has 1 N–H and O–H groups in total. The highest BCUT2D eigenvalue weighted by Crippen LogP contribution is 2.21. The molecule has 2 aromatic rings. The second kappa shape index (κ2) is 7.10. The molecule has 0 bridgehead atoms. The molecule has 0 fully saturated rings. The normalized spacial score (nSPS) is 12.9. The molecule has 0 aliphatic carbocycles. The van der Waals surface area contributed by atoms with Crippen LogP contribution in [0.5, 0.6) is 0 Å². The minimum Gasteiger partial charge on any atom is -0.468 e. The summed E-state index contributed by atoms with van der Waals surface area (Å²) in [6, 6.07) is 6.68. The van der Waals surface area contributed by atoms with Crippen LogP contribution in [0.25, 0.3) is 11.4 Å². The number of benzene rings is 1. The van der Waals surface area contributed by atoms with Gasteiger partial charge in [-0.25, -0.2) is 0 Å². The van der Waals surface area contributed by atoms with E-state index in [9.17, 15) is 4.79 Å². The van der Waals surface area contributed by atoms with Crippen molar-refractivity contribution in [3.8, 4) is 11.4 Å². The number of nitrogens with one attached hydrogen (secondary N) is 1. The lowest BCUT2D eigenvalue weighted by Gasteiger charge is -2.28. The number of hydrogen-bond acceptors (Lipinski definition) is 6. The fourth-order valence-electron chi connectivity index (χ4n) is 2.09. The Bertz CT molecular complexity index is 662. The van der Waals surface area contributed by atoms with E-state index in [1.807, 2.05) is 32.9 Å². The summed E-state index contributed by atoms with van der Waals surface area (Å²) in [5.74, 6) is 0.548. The van der Waals surface area contributed by atoms with Crippen LogP contribution in [0.3, 0.4) is 0 Å². The SMILES string of the molecule is COC(=O)[C@H](NCc1nc(-c2ccc(Cl)cc2)no1)C(C)(C)C. The summed E-state index contributed by atoms with van der Waals surface area (Å²) in [4.78, 5) is 16.2. The number of aromatic nitrogens is 2. The van der Waals surface area contributed by atoms with Crippen LogP contribution in [-0.2, 0) is 16.1 Å². The lowest BCUT2D eigenvalue weighted by atomic mass is 9.87. The maximum absolute atomic E-state index is 11.9. The third-order valence-electron chi connectivity index (χ3n) is 3.33. The van der Waals surface area contributed by atoms with Crippen molar-refractivity contribution in [2.24, 2.45) is 5.41 Å². The monoisotopic (exact) mass is 337 g/mol. The van der Waals surface area contributed by atoms with E-state index in [-0.39, 0.29) is 17.9 Å². The molecule has 0 aliphatic rings. The smallest absolute Gasteiger partial charge is 0.323 e. The molecule has 1 heterocycles. The number of hydrogen-bond donors (Lipinski definition) is 1. The number of carbonyl (C=O) groups is 1. The van der Waals surface area contributed by atoms with E-state index in [0.29, 0.717) is 16.7 Å². The Labute approximate surface area is 140 Å². The Kier molecular flexibility index (Phi) is 5.38. The summed E-state index contributed by atoms with van der Waals surface area (Å²) >= 11 is 5.86. The van der Waals surface area contributed by atoms with Crippen molar-refractivity contribution in [3.05, 3.63) is 35.2 Å². The average molecular weight is 338 g/mol. The first-order valence-corrected chi connectivity index (χ1v) is 7.59. The van der Waals surface area contributed by atoms with E-state index in [4.69, 9.17) is 20.9 Å². The van der Waals surface area contributed by atoms with Gasteiger partial charge in [-0.15, -0.1) is 0 Å². The van der Waals surface area contributed by atoms with Crippen LogP contribution in [0.15, 0.2) is 28.8 Å². The molecular weight excluding hydrogens is 318 g/mol. The van der Waals surface area contributed by atoms with Crippen molar-refractivity contribution < 1.29 is 14.1 Å². The van der Waals surface area contributed by atoms with Crippen LogP contribution in [-0.4, -0.2) is 29.3 Å². The molecule has 6 nitrogen and oxygen atoms in total. The molecule has 1 aromatic heterocycles. The van der Waals surface area contributed by atoms with Gasteiger partial charge in [0, 0.05) is 10.6 Å². The van der Waals surface area contributed by atoms with Crippen LogP contribution in [0, 0.1) is 5.41 Å². The van der Waals surface area contributed by atoms with Crippen LogP contribution in [0.1, 0.15) is 26.7 Å². The molecule has 1 atom stereocenters. The minimum absolute atomic E-state index is 0.275. The molecule has 23 heavy (non-hydrogen) atoms. The zero-order chi connectivity index (χ0) is 17.0. The van der Waals surface area contributed by atoms with E-state index in [1.165, 1.54) is 7.11 Å². The topological polar surface area (TPSA) is 77.2 Å². The Hall–Kier alpha value is -1.92. The molecular formula is C16H20ClN3O3. The van der Waals surface area contributed by atoms with Gasteiger partial charge in [0.1, 0.15) is 6.04 Å². The largest absolute Gasteiger partial charge is 0.468 e. The standard InChI is InChI=1S/C16H20ClN3O3/c1-16(2,3)13(15(21)22-4)18-9-12-19-14(20-23-12)10-5-7-11(17)8-6-10/h5-8,13,18H,9H2,1-4H3/t13-/m0/s1. The predicted octanol–water partition coefficient (Wildman–Crippen LogP) is 3.07. The van der Waals surface area contributed by atoms with Gasteiger partial charge >= 0.3 is 5.97 Å². The molecule has 0 saturated heterocycles. The molecule has 0 spiro atoms. The van der Waals surface area contributed by atoms with Crippen molar-refractivity contribution in [1.29, 1.82) is 0 Å². The first kappa shape index (κ1) is 17.4. The summed E-state index contributed by atoms with van der Waals surface area (Å²) in [5, 5.41) is 7.69. The minimum atomic E-state index is -0.474. The summed E-state index contributed by atoms with van der Waals surface area (Å²) in [6.07, 6.45) is 0. The first-order valence-electron chi connectivity index (χ1n) is 7.21. The van der Waals surface area contributed by atoms with Crippen LogP contribution < -0.4 is 5.32 Å². The van der Waals surface area contributed by atoms with E-state index in [1.54, 1.807) is 12.1 Å². The van der Waals surface area contributed by atoms with Gasteiger partial charge in [-0.2, -0.15) is 4.98 Å². The fraction of sp³-hybridized carbons (Fsp3) is 0.438. The van der Waals surface area contributed by atoms with Crippen LogP contribution in [0.2, 0.25) is 5.02 Å². The molecule has 7 heteroatoms. The van der Waals surface area contributed by atoms with Gasteiger partial charge in [-0.3, -0.25) is 10.1 Å². The van der Waals surface area contributed by atoms with Crippen LogP contribution in [0.4, 0.5) is 0 Å². The lowest BCUT2D eigenvalue weighted by molar-refractivity contribution is -0.146. The highest BCUT2D eigenvalue weighted by molar-refractivity contribution is 6.30. The van der Waals surface area contributed by atoms with Crippen molar-refractivity contribution in [3.63, 3.8) is 0 Å². The Morgan fingerprint density at radius 1 is 1.35 bits per heavy atom. The van der Waals surface area contributed by atoms with E-state index in [0.717, 1.165) is 5.56 Å². The van der Waals surface area contributed by atoms with Gasteiger partial charge in [0.05, 0.1) is 13.7 Å². The van der Waals surface area contributed by atoms with Gasteiger partial charge < -0.3 is 9.26 Å². The maximum Gasteiger partial charge on any atom is 0.323 e. The predicted molar refractivity (Wildman–Crippen MR) is 86.8 cm³/mol. The van der Waals surface area contributed by atoms with Crippen molar-refractivity contribution in [2.75, 3.05) is 7.11 Å². The molecule has 0 amide bonds. The van der Waals surface area contributed by atoms with Crippen LogP contribution >= 0.6 is 11.6 Å². The molecule has 2 rings (SSSR count). The zero-order valence-electron chi connectivity index (χ0n) is 13.6. The van der Waals surface area contributed by atoms with Gasteiger partial charge in [0.25, 0.3) is 0 Å². The number of esters is 1. The summed E-state index contributed by atoms with van der Waals surface area (Å²) in [7, 11) is 1.37. The number of methoxy groups -OCH3 is 1. The van der Waals surface area contributed by atoms with Gasteiger partial charge in [-0.05, 0) is 29.7 Å². The summed E-state index contributed by atoms with van der Waals surface area (Å²) in [5.41, 5.74) is 0.510. The molecule has 1 aromatic carbocycles. The third kappa shape index (κ3) is 4.53. The zero-order valence-corrected chi connectivity index (χ0v) is 14.3. The number of ether oxygens (including phenoxy) is 1. The first-order chi connectivity index (χ1) is 10.8. The summed E-state index contributed by atoms with van der Waals surface area (Å²) < 4.78 is 10.0. The third-order valence-corrected chi connectivity index (χ3v) is 3.58. The molecule has 0 unspecified atom stereocenters. The highest BCUT2D eigenvalue weighted by Gasteiger charge is 2.32. The molecule has 0 aliphatic heterocycles. The number of carbonyl (C=O) groups excluding carboxylic acids is 1. The molecule has 0 saturated carbocycles. The maximum atomic E-state index is 11.9. The van der Waals surface area contributed by atoms with E-state index >= 15 is 0 Å². The number of nitrogens with zero attached hydrogens (tertiary/aromatic N) is 2. The Morgan fingerprint density at radius 3 is 2.57 bits per heavy atom. The summed E-state index contributed by atoms with van der Waals surface area (Å²) in [6.45, 7) is 6.13. The lowest BCUT2D eigenvalue weighted by Crippen LogP contribution is -2.46. The fourth-order valence-corrected chi connectivity index (χ4v) is 2.22. The van der Waals surface area contributed by atoms with Crippen molar-refractivity contribution in [2.45, 2.75) is 33.4 Å². The number of rotatable bonds is 5. The van der Waals surface area contributed by atoms with Gasteiger partial charge in [0.2, 0.25) is 11.7 Å². The van der Waals surface area contributed by atoms with Gasteiger partial charge in [-0.1, -0.05) is 37.5 Å².